The SMILES string of the molecule is Cn1cccc(C(=O)N[C@H](CN2C(=O)COC2=O)c2ccccc2)c1=O. The first-order valence-electron chi connectivity index (χ1n) is 7.96. The lowest BCUT2D eigenvalue weighted by Gasteiger charge is -2.22. The number of rotatable bonds is 5. The summed E-state index contributed by atoms with van der Waals surface area (Å²) in [5, 5.41) is 2.73. The van der Waals surface area contributed by atoms with Gasteiger partial charge in [0.15, 0.2) is 6.61 Å². The van der Waals surface area contributed by atoms with Gasteiger partial charge in [-0.25, -0.2) is 9.69 Å². The maximum atomic E-state index is 12.6. The van der Waals surface area contributed by atoms with E-state index in [0.29, 0.717) is 5.56 Å². The monoisotopic (exact) mass is 355 g/mol. The fourth-order valence-electron chi connectivity index (χ4n) is 2.67. The van der Waals surface area contributed by atoms with Crippen molar-refractivity contribution in [1.29, 1.82) is 0 Å². The molecular weight excluding hydrogens is 338 g/mol. The lowest BCUT2D eigenvalue weighted by Crippen LogP contribution is -2.41. The van der Waals surface area contributed by atoms with E-state index < -0.39 is 29.5 Å². The number of hydrogen-bond donors (Lipinski definition) is 1. The highest BCUT2D eigenvalue weighted by atomic mass is 16.6. The van der Waals surface area contributed by atoms with Crippen LogP contribution >= 0.6 is 0 Å². The molecule has 1 fully saturated rings. The van der Waals surface area contributed by atoms with Crippen molar-refractivity contribution < 1.29 is 19.1 Å². The largest absolute Gasteiger partial charge is 0.439 e. The number of imide groups is 1. The van der Waals surface area contributed by atoms with E-state index in [1.54, 1.807) is 43.6 Å². The minimum atomic E-state index is -0.749. The van der Waals surface area contributed by atoms with Crippen LogP contribution in [-0.2, 0) is 16.6 Å². The Morgan fingerprint density at radius 1 is 1.15 bits per heavy atom. The van der Waals surface area contributed by atoms with Crippen LogP contribution in [0.15, 0.2) is 53.5 Å². The minimum absolute atomic E-state index is 0.0220. The number of aryl methyl sites for hydroxylation is 1. The Labute approximate surface area is 149 Å². The third-order valence-electron chi connectivity index (χ3n) is 4.08. The molecule has 2 heterocycles. The highest BCUT2D eigenvalue weighted by molar-refractivity contribution is 5.98. The van der Waals surface area contributed by atoms with Crippen LogP contribution < -0.4 is 10.9 Å². The van der Waals surface area contributed by atoms with Crippen LogP contribution in [0.2, 0.25) is 0 Å². The smallest absolute Gasteiger partial charge is 0.417 e. The number of cyclic esters (lactones) is 1. The van der Waals surface area contributed by atoms with E-state index in [9.17, 15) is 19.2 Å². The fourth-order valence-corrected chi connectivity index (χ4v) is 2.67. The summed E-state index contributed by atoms with van der Waals surface area (Å²) in [4.78, 5) is 49.2. The first-order chi connectivity index (χ1) is 12.5. The maximum absolute atomic E-state index is 12.6. The molecule has 0 saturated carbocycles. The molecule has 1 N–H and O–H groups in total. The van der Waals surface area contributed by atoms with Crippen LogP contribution in [0.5, 0.6) is 0 Å². The number of carbonyl (C=O) groups is 3. The highest BCUT2D eigenvalue weighted by Gasteiger charge is 2.34. The predicted octanol–water partition coefficient (Wildman–Crippen LogP) is 0.835. The van der Waals surface area contributed by atoms with E-state index in [4.69, 9.17) is 4.74 Å². The molecule has 8 nitrogen and oxygen atoms in total. The Bertz CT molecular complexity index is 891. The van der Waals surface area contributed by atoms with E-state index in [1.807, 2.05) is 6.07 Å². The van der Waals surface area contributed by atoms with E-state index in [2.05, 4.69) is 5.32 Å². The summed E-state index contributed by atoms with van der Waals surface area (Å²) in [6, 6.07) is 11.2. The van der Waals surface area contributed by atoms with Gasteiger partial charge in [-0.15, -0.1) is 0 Å². The Hall–Kier alpha value is -3.42. The lowest BCUT2D eigenvalue weighted by molar-refractivity contribution is -0.126. The van der Waals surface area contributed by atoms with Crippen molar-refractivity contribution in [3.05, 3.63) is 70.1 Å². The molecule has 1 aliphatic heterocycles. The molecule has 3 rings (SSSR count). The van der Waals surface area contributed by atoms with E-state index in [-0.39, 0.29) is 18.7 Å². The molecule has 0 spiro atoms. The molecule has 134 valence electrons. The topological polar surface area (TPSA) is 97.7 Å². The quantitative estimate of drug-likeness (QED) is 0.857. The Morgan fingerprint density at radius 2 is 1.88 bits per heavy atom. The van der Waals surface area contributed by atoms with E-state index in [0.717, 1.165) is 4.90 Å². The highest BCUT2D eigenvalue weighted by Crippen LogP contribution is 2.17. The van der Waals surface area contributed by atoms with Gasteiger partial charge in [-0.1, -0.05) is 30.3 Å². The molecule has 2 aromatic rings. The molecule has 0 bridgehead atoms. The molecular formula is C18H17N3O5. The first kappa shape index (κ1) is 17.4. The molecule has 8 heteroatoms. The number of hydrogen-bond acceptors (Lipinski definition) is 5. The van der Waals surface area contributed by atoms with Gasteiger partial charge in [0.25, 0.3) is 17.4 Å². The van der Waals surface area contributed by atoms with Gasteiger partial charge in [0.05, 0.1) is 12.6 Å². The number of aromatic nitrogens is 1. The van der Waals surface area contributed by atoms with Gasteiger partial charge in [-0.05, 0) is 17.7 Å². The zero-order valence-electron chi connectivity index (χ0n) is 14.0. The summed E-state index contributed by atoms with van der Waals surface area (Å²) >= 11 is 0. The number of nitrogens with zero attached hydrogens (tertiary/aromatic N) is 2. The zero-order chi connectivity index (χ0) is 18.7. The van der Waals surface area contributed by atoms with Crippen molar-refractivity contribution in [1.82, 2.24) is 14.8 Å². The van der Waals surface area contributed by atoms with Crippen molar-refractivity contribution in [3.63, 3.8) is 0 Å². The van der Waals surface area contributed by atoms with E-state index in [1.165, 1.54) is 10.6 Å². The average molecular weight is 355 g/mol. The molecule has 3 amide bonds. The standard InChI is InChI=1S/C18H17N3O5/c1-20-9-5-8-13(17(20)24)16(23)19-14(12-6-3-2-4-7-12)10-21-15(22)11-26-18(21)25/h2-9,14H,10-11H2,1H3,(H,19,23)/t14-/m1/s1. The molecule has 1 aromatic carbocycles. The second-order valence-corrected chi connectivity index (χ2v) is 5.83. The number of pyridine rings is 1. The summed E-state index contributed by atoms with van der Waals surface area (Å²) < 4.78 is 6.01. The van der Waals surface area contributed by atoms with Gasteiger partial charge >= 0.3 is 6.09 Å². The van der Waals surface area contributed by atoms with Crippen molar-refractivity contribution in [2.24, 2.45) is 7.05 Å². The van der Waals surface area contributed by atoms with Gasteiger partial charge in [0.1, 0.15) is 5.56 Å². The van der Waals surface area contributed by atoms with Crippen molar-refractivity contribution in [2.45, 2.75) is 6.04 Å². The van der Waals surface area contributed by atoms with Gasteiger partial charge in [-0.3, -0.25) is 14.4 Å². The van der Waals surface area contributed by atoms with E-state index >= 15 is 0 Å². The summed E-state index contributed by atoms with van der Waals surface area (Å²) in [5.41, 5.74) is 0.237. The molecule has 26 heavy (non-hydrogen) atoms. The average Bonchev–Trinajstić information content (AvgIpc) is 2.96. The molecule has 1 atom stereocenters. The number of nitrogens with one attached hydrogen (secondary N) is 1. The van der Waals surface area contributed by atoms with Crippen LogP contribution in [0.4, 0.5) is 4.79 Å². The van der Waals surface area contributed by atoms with Crippen molar-refractivity contribution >= 4 is 17.9 Å². The molecule has 0 unspecified atom stereocenters. The third-order valence-corrected chi connectivity index (χ3v) is 4.08. The van der Waals surface area contributed by atoms with Gasteiger partial charge < -0.3 is 14.6 Å². The summed E-state index contributed by atoms with van der Waals surface area (Å²) in [5.74, 6) is -1.05. The Balaban J connectivity index is 1.87. The number of ether oxygens (including phenoxy) is 1. The molecule has 0 radical (unpaired) electrons. The first-order valence-corrected chi connectivity index (χ1v) is 7.96. The molecule has 0 aliphatic carbocycles. The van der Waals surface area contributed by atoms with Crippen LogP contribution in [0, 0.1) is 0 Å². The summed E-state index contributed by atoms with van der Waals surface area (Å²) in [6.45, 7) is -0.395. The van der Waals surface area contributed by atoms with Gasteiger partial charge in [-0.2, -0.15) is 0 Å². The number of carbonyl (C=O) groups excluding carboxylic acids is 3. The minimum Gasteiger partial charge on any atom is -0.439 e. The zero-order valence-corrected chi connectivity index (χ0v) is 14.0. The molecule has 1 saturated heterocycles. The fraction of sp³-hybridized carbons (Fsp3) is 0.222. The third kappa shape index (κ3) is 3.49. The summed E-state index contributed by atoms with van der Waals surface area (Å²) in [6.07, 6.45) is 0.799. The van der Waals surface area contributed by atoms with Gasteiger partial charge in [0.2, 0.25) is 0 Å². The number of benzene rings is 1. The normalized spacial score (nSPS) is 14.9. The van der Waals surface area contributed by atoms with Crippen molar-refractivity contribution in [2.75, 3.05) is 13.2 Å². The second kappa shape index (κ2) is 7.22. The maximum Gasteiger partial charge on any atom is 0.417 e. The molecule has 1 aromatic heterocycles. The van der Waals surface area contributed by atoms with Crippen LogP contribution in [0.1, 0.15) is 22.0 Å². The van der Waals surface area contributed by atoms with Gasteiger partial charge in [0, 0.05) is 13.2 Å². The second-order valence-electron chi connectivity index (χ2n) is 5.83. The summed E-state index contributed by atoms with van der Waals surface area (Å²) in [7, 11) is 1.55. The predicted molar refractivity (Wildman–Crippen MR) is 91.4 cm³/mol. The Morgan fingerprint density at radius 3 is 2.54 bits per heavy atom. The van der Waals surface area contributed by atoms with Crippen molar-refractivity contribution in [3.8, 4) is 0 Å². The number of amides is 3. The Kier molecular flexibility index (Phi) is 4.83. The van der Waals surface area contributed by atoms with Crippen LogP contribution in [0.25, 0.3) is 0 Å². The van der Waals surface area contributed by atoms with Crippen LogP contribution in [0.3, 0.4) is 0 Å². The molecule has 1 aliphatic rings. The lowest BCUT2D eigenvalue weighted by atomic mass is 10.1. The van der Waals surface area contributed by atoms with Crippen LogP contribution in [-0.4, -0.2) is 40.5 Å².